The molecule has 0 saturated heterocycles. The SMILES string of the molecule is CC1=C(C)C([O-])=NS(=O)(=O)O1.[Na+]. The Labute approximate surface area is 92.7 Å². The van der Waals surface area contributed by atoms with Crippen LogP contribution in [0.2, 0.25) is 0 Å². The molecule has 0 aromatic heterocycles. The molecule has 0 radical (unpaired) electrons. The molecule has 12 heavy (non-hydrogen) atoms. The molecule has 1 heterocycles. The Morgan fingerprint density at radius 1 is 1.42 bits per heavy atom. The van der Waals surface area contributed by atoms with Gasteiger partial charge in [-0.1, -0.05) is 0 Å². The summed E-state index contributed by atoms with van der Waals surface area (Å²) < 4.78 is 28.3. The van der Waals surface area contributed by atoms with E-state index in [4.69, 9.17) is 0 Å². The number of hydrogen-bond donors (Lipinski definition) is 0. The predicted octanol–water partition coefficient (Wildman–Crippen LogP) is -3.68. The molecule has 1 rings (SSSR count). The third kappa shape index (κ3) is 2.48. The zero-order valence-electron chi connectivity index (χ0n) is 6.99. The van der Waals surface area contributed by atoms with Crippen LogP contribution in [-0.2, 0) is 14.5 Å². The maximum Gasteiger partial charge on any atom is 1.00 e. The molecule has 0 spiro atoms. The van der Waals surface area contributed by atoms with Crippen LogP contribution < -0.4 is 34.7 Å². The van der Waals surface area contributed by atoms with Gasteiger partial charge < -0.3 is 9.29 Å². The third-order valence-electron chi connectivity index (χ3n) is 1.27. The van der Waals surface area contributed by atoms with Gasteiger partial charge in [-0.3, -0.25) is 0 Å². The van der Waals surface area contributed by atoms with Gasteiger partial charge in [0.25, 0.3) is 0 Å². The zero-order valence-corrected chi connectivity index (χ0v) is 9.80. The molecule has 0 aliphatic carbocycles. The summed E-state index contributed by atoms with van der Waals surface area (Å²) in [6.07, 6.45) is 0. The number of rotatable bonds is 0. The first-order chi connectivity index (χ1) is 4.92. The van der Waals surface area contributed by atoms with Crippen LogP contribution >= 0.6 is 0 Å². The maximum atomic E-state index is 10.7. The molecule has 0 aromatic rings. The van der Waals surface area contributed by atoms with E-state index in [2.05, 4.69) is 8.58 Å². The minimum atomic E-state index is -4.00. The quantitative estimate of drug-likeness (QED) is 0.376. The number of allylic oxidation sites excluding steroid dienone is 1. The van der Waals surface area contributed by atoms with Crippen molar-refractivity contribution in [2.75, 3.05) is 0 Å². The van der Waals surface area contributed by atoms with Crippen molar-refractivity contribution < 1.29 is 47.3 Å². The molecule has 62 valence electrons. The third-order valence-corrected chi connectivity index (χ3v) is 2.12. The normalized spacial score (nSPS) is 20.7. The molecular weight excluding hydrogens is 193 g/mol. The van der Waals surface area contributed by atoms with Crippen molar-refractivity contribution in [3.8, 4) is 0 Å². The minimum Gasteiger partial charge on any atom is -0.858 e. The smallest absolute Gasteiger partial charge is 0.858 e. The van der Waals surface area contributed by atoms with Gasteiger partial charge in [0.2, 0.25) is 0 Å². The largest absolute Gasteiger partial charge is 1.00 e. The molecule has 0 unspecified atom stereocenters. The van der Waals surface area contributed by atoms with Crippen molar-refractivity contribution >= 4 is 16.2 Å². The summed E-state index contributed by atoms with van der Waals surface area (Å²) in [5, 5.41) is 10.7. The second kappa shape index (κ2) is 3.78. The molecule has 0 fully saturated rings. The van der Waals surface area contributed by atoms with Gasteiger partial charge in [0.15, 0.2) is 0 Å². The van der Waals surface area contributed by atoms with E-state index in [1.807, 2.05) is 0 Å². The molecule has 0 N–H and O–H groups in total. The Bertz CT molecular complexity index is 342. The molecule has 5 nitrogen and oxygen atoms in total. The fourth-order valence-corrected chi connectivity index (χ4v) is 1.38. The van der Waals surface area contributed by atoms with Crippen molar-refractivity contribution in [1.29, 1.82) is 0 Å². The van der Waals surface area contributed by atoms with Crippen LogP contribution in [0.15, 0.2) is 15.7 Å². The molecular formula is C5H6NNaO4S. The van der Waals surface area contributed by atoms with Gasteiger partial charge in [-0.25, -0.2) is 0 Å². The summed E-state index contributed by atoms with van der Waals surface area (Å²) >= 11 is 0. The summed E-state index contributed by atoms with van der Waals surface area (Å²) in [6, 6.07) is 0. The Morgan fingerprint density at radius 3 is 2.33 bits per heavy atom. The van der Waals surface area contributed by atoms with E-state index >= 15 is 0 Å². The van der Waals surface area contributed by atoms with Crippen molar-refractivity contribution in [3.05, 3.63) is 11.3 Å². The summed E-state index contributed by atoms with van der Waals surface area (Å²) in [6.45, 7) is 2.86. The maximum absolute atomic E-state index is 10.7. The second-order valence-corrected chi connectivity index (χ2v) is 3.29. The molecule has 0 bridgehead atoms. The van der Waals surface area contributed by atoms with Crippen molar-refractivity contribution in [1.82, 2.24) is 0 Å². The van der Waals surface area contributed by atoms with Crippen LogP contribution in [0.1, 0.15) is 13.8 Å². The van der Waals surface area contributed by atoms with Gasteiger partial charge >= 0.3 is 39.9 Å². The van der Waals surface area contributed by atoms with E-state index in [1.165, 1.54) is 13.8 Å². The average molecular weight is 199 g/mol. The Hall–Kier alpha value is -0.0400. The first-order valence-corrected chi connectivity index (χ1v) is 4.18. The Morgan fingerprint density at radius 2 is 1.92 bits per heavy atom. The molecule has 0 atom stereocenters. The minimum absolute atomic E-state index is 0. The van der Waals surface area contributed by atoms with E-state index in [0.29, 0.717) is 0 Å². The fraction of sp³-hybridized carbons (Fsp3) is 0.400. The number of nitrogens with zero attached hydrogens (tertiary/aromatic N) is 1. The van der Waals surface area contributed by atoms with E-state index in [0.717, 1.165) is 0 Å². The second-order valence-electron chi connectivity index (χ2n) is 2.09. The van der Waals surface area contributed by atoms with E-state index in [1.54, 1.807) is 0 Å². The van der Waals surface area contributed by atoms with E-state index in [-0.39, 0.29) is 40.9 Å². The van der Waals surface area contributed by atoms with Crippen LogP contribution in [0, 0.1) is 0 Å². The van der Waals surface area contributed by atoms with E-state index < -0.39 is 16.2 Å². The molecule has 0 amide bonds. The molecule has 7 heteroatoms. The summed E-state index contributed by atoms with van der Waals surface area (Å²) in [5.74, 6) is -0.668. The van der Waals surface area contributed by atoms with Crippen LogP contribution in [-0.4, -0.2) is 14.3 Å². The van der Waals surface area contributed by atoms with Crippen LogP contribution in [0.4, 0.5) is 0 Å². The summed E-state index contributed by atoms with van der Waals surface area (Å²) in [5.41, 5.74) is 0.222. The fourth-order valence-electron chi connectivity index (χ4n) is 0.560. The first kappa shape index (κ1) is 12.0. The molecule has 0 aromatic carbocycles. The van der Waals surface area contributed by atoms with Crippen LogP contribution in [0.5, 0.6) is 0 Å². The van der Waals surface area contributed by atoms with Gasteiger partial charge in [-0.05, 0) is 13.8 Å². The zero-order chi connectivity index (χ0) is 8.65. The topological polar surface area (TPSA) is 78.8 Å². The van der Waals surface area contributed by atoms with Gasteiger partial charge in [0, 0.05) is 11.5 Å². The van der Waals surface area contributed by atoms with Crippen LogP contribution in [0.25, 0.3) is 0 Å². The number of hydrogen-bond acceptors (Lipinski definition) is 4. The van der Waals surface area contributed by atoms with Gasteiger partial charge in [-0.2, -0.15) is 8.42 Å². The van der Waals surface area contributed by atoms with Crippen LogP contribution in [0.3, 0.4) is 0 Å². The molecule has 0 saturated carbocycles. The van der Waals surface area contributed by atoms with Gasteiger partial charge in [-0.15, -0.1) is 4.40 Å². The summed E-state index contributed by atoms with van der Waals surface area (Å²) in [7, 11) is -4.00. The predicted molar refractivity (Wildman–Crippen MR) is 35.8 cm³/mol. The van der Waals surface area contributed by atoms with Crippen molar-refractivity contribution in [3.63, 3.8) is 0 Å². The van der Waals surface area contributed by atoms with E-state index in [9.17, 15) is 13.5 Å². The molecule has 1 aliphatic rings. The average Bonchev–Trinajstić information content (AvgIpc) is 1.81. The Kier molecular flexibility index (Phi) is 3.77. The van der Waals surface area contributed by atoms with Gasteiger partial charge in [0.1, 0.15) is 5.76 Å². The summed E-state index contributed by atoms with van der Waals surface area (Å²) in [4.78, 5) is 0. The monoisotopic (exact) mass is 199 g/mol. The van der Waals surface area contributed by atoms with Crippen molar-refractivity contribution in [2.45, 2.75) is 13.8 Å². The van der Waals surface area contributed by atoms with Crippen molar-refractivity contribution in [2.24, 2.45) is 4.40 Å². The van der Waals surface area contributed by atoms with Gasteiger partial charge in [0.05, 0.1) is 0 Å². The first-order valence-electron chi connectivity index (χ1n) is 2.81. The standard InChI is InChI=1S/C5H7NO4S.Na/c1-3-4(2)10-11(8,9)6-5(3)7;/h1-2H3,(H,6,7);/q;+1/p-1. The molecule has 1 aliphatic heterocycles. The Balaban J connectivity index is 0.00000121.